The highest BCUT2D eigenvalue weighted by Crippen LogP contribution is 2.46. The third-order valence-corrected chi connectivity index (χ3v) is 6.06. The molecule has 3 unspecified atom stereocenters. The van der Waals surface area contributed by atoms with Gasteiger partial charge in [0.1, 0.15) is 0 Å². The first kappa shape index (κ1) is 22.5. The van der Waals surface area contributed by atoms with E-state index >= 15 is 0 Å². The molecule has 1 saturated carbocycles. The molecule has 0 N–H and O–H groups in total. The molecule has 0 aromatic heterocycles. The maximum atomic E-state index is 4.40. The van der Waals surface area contributed by atoms with E-state index in [-0.39, 0.29) is 0 Å². The summed E-state index contributed by atoms with van der Waals surface area (Å²) in [5, 5.41) is 0. The van der Waals surface area contributed by atoms with Crippen molar-refractivity contribution in [2.75, 3.05) is 0 Å². The predicted octanol–water partition coefficient (Wildman–Crippen LogP) is 8.70. The van der Waals surface area contributed by atoms with Gasteiger partial charge in [0.05, 0.1) is 0 Å². The summed E-state index contributed by atoms with van der Waals surface area (Å²) in [6, 6.07) is 8.82. The van der Waals surface area contributed by atoms with E-state index < -0.39 is 0 Å². The summed E-state index contributed by atoms with van der Waals surface area (Å²) < 4.78 is 0. The predicted molar refractivity (Wildman–Crippen MR) is 126 cm³/mol. The van der Waals surface area contributed by atoms with Crippen LogP contribution in [-0.4, -0.2) is 0 Å². The van der Waals surface area contributed by atoms with Gasteiger partial charge in [0, 0.05) is 0 Å². The van der Waals surface area contributed by atoms with Gasteiger partial charge in [-0.15, -0.1) is 0 Å². The van der Waals surface area contributed by atoms with Gasteiger partial charge in [-0.05, 0) is 80.9 Å². The molecule has 0 amide bonds. The Morgan fingerprint density at radius 3 is 2.43 bits per heavy atom. The van der Waals surface area contributed by atoms with Crippen LogP contribution >= 0.6 is 0 Å². The van der Waals surface area contributed by atoms with E-state index in [9.17, 15) is 0 Å². The normalized spacial score (nSPS) is 19.8. The molecule has 1 aliphatic carbocycles. The zero-order chi connectivity index (χ0) is 20.7. The zero-order valence-electron chi connectivity index (χ0n) is 18.9. The van der Waals surface area contributed by atoms with E-state index in [1.165, 1.54) is 59.1 Å². The Balaban J connectivity index is 2.03. The second-order valence-electron chi connectivity index (χ2n) is 9.15. The third kappa shape index (κ3) is 6.66. The number of benzene rings is 1. The molecular weight excluding hydrogens is 336 g/mol. The van der Waals surface area contributed by atoms with Crippen LogP contribution in [0.15, 0.2) is 66.3 Å². The van der Waals surface area contributed by atoms with Crippen molar-refractivity contribution < 1.29 is 0 Å². The lowest BCUT2D eigenvalue weighted by molar-refractivity contribution is 0.463. The Morgan fingerprint density at radius 2 is 1.86 bits per heavy atom. The molecule has 0 saturated heterocycles. The number of hydrogen-bond donors (Lipinski definition) is 0. The Morgan fingerprint density at radius 1 is 1.18 bits per heavy atom. The van der Waals surface area contributed by atoms with Crippen molar-refractivity contribution in [1.29, 1.82) is 0 Å². The van der Waals surface area contributed by atoms with Crippen LogP contribution in [0, 0.1) is 24.7 Å². The Labute approximate surface area is 174 Å². The Hall–Kier alpha value is -1.82. The fourth-order valence-corrected chi connectivity index (χ4v) is 4.45. The van der Waals surface area contributed by atoms with Crippen molar-refractivity contribution in [3.63, 3.8) is 0 Å². The first-order chi connectivity index (χ1) is 13.3. The van der Waals surface area contributed by atoms with Gasteiger partial charge in [-0.3, -0.25) is 0 Å². The lowest BCUT2D eigenvalue weighted by Crippen LogP contribution is -1.99. The van der Waals surface area contributed by atoms with Crippen LogP contribution in [0.4, 0.5) is 0 Å². The highest BCUT2D eigenvalue weighted by molar-refractivity contribution is 5.82. The first-order valence-corrected chi connectivity index (χ1v) is 11.1. The van der Waals surface area contributed by atoms with Crippen LogP contribution in [0.25, 0.3) is 5.57 Å². The first-order valence-electron chi connectivity index (χ1n) is 11.1. The van der Waals surface area contributed by atoms with Gasteiger partial charge in [-0.25, -0.2) is 0 Å². The number of hydrogen-bond acceptors (Lipinski definition) is 0. The van der Waals surface area contributed by atoms with Crippen molar-refractivity contribution in [3.8, 4) is 0 Å². The fraction of sp³-hybridized carbons (Fsp3) is 0.500. The molecule has 1 aromatic carbocycles. The molecule has 0 radical (unpaired) electrons. The van der Waals surface area contributed by atoms with E-state index in [2.05, 4.69) is 78.1 Å². The van der Waals surface area contributed by atoms with E-state index in [0.29, 0.717) is 0 Å². The SMILES string of the molecule is C=CC(C(=CCC(=C)CC(C)CC1CC1CCC)c1ccc(C)cc1)=C(C)C. The van der Waals surface area contributed by atoms with E-state index in [1.807, 2.05) is 6.08 Å². The maximum Gasteiger partial charge on any atom is -0.0132 e. The van der Waals surface area contributed by atoms with Crippen LogP contribution in [-0.2, 0) is 0 Å². The molecule has 152 valence electrons. The van der Waals surface area contributed by atoms with Crippen LogP contribution < -0.4 is 0 Å². The van der Waals surface area contributed by atoms with E-state index in [4.69, 9.17) is 0 Å². The molecule has 2 rings (SSSR count). The van der Waals surface area contributed by atoms with Crippen molar-refractivity contribution >= 4 is 5.57 Å². The van der Waals surface area contributed by atoms with Gasteiger partial charge in [0.25, 0.3) is 0 Å². The molecule has 0 spiro atoms. The minimum absolute atomic E-state index is 0.748. The largest absolute Gasteiger partial charge is 0.0995 e. The summed E-state index contributed by atoms with van der Waals surface area (Å²) in [7, 11) is 0. The van der Waals surface area contributed by atoms with Gasteiger partial charge in [0.15, 0.2) is 0 Å². The summed E-state index contributed by atoms with van der Waals surface area (Å²) in [4.78, 5) is 0. The monoisotopic (exact) mass is 376 g/mol. The van der Waals surface area contributed by atoms with Crippen LogP contribution in [0.2, 0.25) is 0 Å². The fourth-order valence-electron chi connectivity index (χ4n) is 4.45. The molecule has 3 atom stereocenters. The topological polar surface area (TPSA) is 0 Å². The number of aryl methyl sites for hydroxylation is 1. The smallest absolute Gasteiger partial charge is 0.0132 e. The van der Waals surface area contributed by atoms with E-state index in [1.54, 1.807) is 0 Å². The summed E-state index contributed by atoms with van der Waals surface area (Å²) in [6.07, 6.45) is 12.1. The summed E-state index contributed by atoms with van der Waals surface area (Å²) in [5.41, 5.74) is 7.74. The number of rotatable bonds is 11. The van der Waals surface area contributed by atoms with Crippen molar-refractivity contribution in [3.05, 3.63) is 77.4 Å². The second kappa shape index (κ2) is 10.6. The standard InChI is InChI=1S/C28H40/c1-8-10-25-19-26(25)18-23(7)17-22(6)13-16-28(27(9-2)20(3)4)24-14-11-21(5)12-15-24/h9,11-12,14-16,23,25-26H,2,6,8,10,13,17-19H2,1,3-5,7H3. The van der Waals surface area contributed by atoms with Crippen molar-refractivity contribution in [2.45, 2.75) is 73.1 Å². The molecule has 0 heterocycles. The third-order valence-electron chi connectivity index (χ3n) is 6.06. The average molecular weight is 377 g/mol. The van der Waals surface area contributed by atoms with Crippen LogP contribution in [0.5, 0.6) is 0 Å². The molecule has 28 heavy (non-hydrogen) atoms. The molecule has 0 nitrogen and oxygen atoms in total. The minimum Gasteiger partial charge on any atom is -0.0995 e. The molecule has 1 fully saturated rings. The van der Waals surface area contributed by atoms with Crippen LogP contribution in [0.3, 0.4) is 0 Å². The van der Waals surface area contributed by atoms with Gasteiger partial charge in [-0.1, -0.05) is 93.0 Å². The lowest BCUT2D eigenvalue weighted by atomic mass is 9.90. The van der Waals surface area contributed by atoms with Crippen molar-refractivity contribution in [2.24, 2.45) is 17.8 Å². The average Bonchev–Trinajstić information content (AvgIpc) is 3.36. The highest BCUT2D eigenvalue weighted by Gasteiger charge is 2.36. The Kier molecular flexibility index (Phi) is 8.55. The maximum absolute atomic E-state index is 4.40. The minimum atomic E-state index is 0.748. The molecule has 1 aromatic rings. The summed E-state index contributed by atoms with van der Waals surface area (Å²) in [6.45, 7) is 19.6. The lowest BCUT2D eigenvalue weighted by Gasteiger charge is -2.15. The molecule has 0 heteroatoms. The van der Waals surface area contributed by atoms with Gasteiger partial charge in [0.2, 0.25) is 0 Å². The number of allylic oxidation sites excluding steroid dienone is 6. The van der Waals surface area contributed by atoms with Gasteiger partial charge >= 0.3 is 0 Å². The molecule has 0 bridgehead atoms. The zero-order valence-corrected chi connectivity index (χ0v) is 18.9. The summed E-state index contributed by atoms with van der Waals surface area (Å²) in [5.74, 6) is 2.75. The second-order valence-corrected chi connectivity index (χ2v) is 9.15. The molecule has 0 aliphatic heterocycles. The molecule has 1 aliphatic rings. The summed E-state index contributed by atoms with van der Waals surface area (Å²) >= 11 is 0. The van der Waals surface area contributed by atoms with Crippen LogP contribution in [0.1, 0.15) is 77.3 Å². The Bertz CT molecular complexity index is 722. The quantitative estimate of drug-likeness (QED) is 0.267. The van der Waals surface area contributed by atoms with Gasteiger partial charge < -0.3 is 0 Å². The molecular formula is C28H40. The van der Waals surface area contributed by atoms with Gasteiger partial charge in [-0.2, -0.15) is 0 Å². The van der Waals surface area contributed by atoms with Crippen molar-refractivity contribution in [1.82, 2.24) is 0 Å². The highest BCUT2D eigenvalue weighted by atomic mass is 14.4. The van der Waals surface area contributed by atoms with E-state index in [0.717, 1.165) is 30.6 Å².